The van der Waals surface area contributed by atoms with E-state index in [-0.39, 0.29) is 17.0 Å². The molecule has 19 heavy (non-hydrogen) atoms. The van der Waals surface area contributed by atoms with Crippen LogP contribution in [0.2, 0.25) is 0 Å². The van der Waals surface area contributed by atoms with Crippen LogP contribution in [0.1, 0.15) is 19.6 Å². The number of hydrogen-bond donors (Lipinski definition) is 0. The Bertz CT molecular complexity index is 700. The van der Waals surface area contributed by atoms with Crippen molar-refractivity contribution in [1.29, 1.82) is 0 Å². The lowest BCUT2D eigenvalue weighted by molar-refractivity contribution is 0.0829. The molecule has 0 N–H and O–H groups in total. The van der Waals surface area contributed by atoms with Crippen molar-refractivity contribution in [3.8, 4) is 0 Å². The summed E-state index contributed by atoms with van der Waals surface area (Å²) in [7, 11) is 0. The molecule has 3 nitrogen and oxygen atoms in total. The minimum absolute atomic E-state index is 0.0172. The molecule has 1 aliphatic rings. The molecule has 2 heterocycles. The predicted octanol–water partition coefficient (Wildman–Crippen LogP) is 3.66. The molecule has 0 spiro atoms. The van der Waals surface area contributed by atoms with Crippen molar-refractivity contribution in [3.63, 3.8) is 0 Å². The van der Waals surface area contributed by atoms with Gasteiger partial charge in [-0.2, -0.15) is 0 Å². The molecule has 0 saturated heterocycles. The van der Waals surface area contributed by atoms with E-state index in [4.69, 9.17) is 9.15 Å². The molecule has 0 amide bonds. The van der Waals surface area contributed by atoms with Crippen LogP contribution in [0, 0.1) is 0 Å². The van der Waals surface area contributed by atoms with Gasteiger partial charge in [0.1, 0.15) is 21.7 Å². The number of hydrogen-bond acceptors (Lipinski definition) is 4. The van der Waals surface area contributed by atoms with Crippen molar-refractivity contribution in [1.82, 2.24) is 0 Å². The predicted molar refractivity (Wildman–Crippen MR) is 77.4 cm³/mol. The maximum atomic E-state index is 12.4. The smallest absolute Gasteiger partial charge is 0.206 e. The zero-order chi connectivity index (χ0) is 13.4. The number of ether oxygens (including phenoxy) is 1. The van der Waals surface area contributed by atoms with Crippen LogP contribution >= 0.6 is 11.8 Å². The van der Waals surface area contributed by atoms with E-state index in [9.17, 15) is 4.79 Å². The van der Waals surface area contributed by atoms with Crippen LogP contribution in [0.4, 0.5) is 0 Å². The lowest BCUT2D eigenvalue weighted by atomic mass is 10.2. The van der Waals surface area contributed by atoms with E-state index < -0.39 is 0 Å². The molecule has 1 atom stereocenters. The topological polar surface area (TPSA) is 39.4 Å². The van der Waals surface area contributed by atoms with E-state index in [2.05, 4.69) is 0 Å². The van der Waals surface area contributed by atoms with Crippen molar-refractivity contribution < 1.29 is 9.15 Å². The highest BCUT2D eigenvalue weighted by Crippen LogP contribution is 2.33. The van der Waals surface area contributed by atoms with Gasteiger partial charge >= 0.3 is 0 Å². The first kappa shape index (κ1) is 12.5. The number of fused-ring (bicyclic) bond motifs is 2. The molecule has 1 unspecified atom stereocenters. The Balaban J connectivity index is 2.09. The van der Waals surface area contributed by atoms with E-state index >= 15 is 0 Å². The molecule has 4 heteroatoms. The SMILES string of the molecule is CC(C)OC1C=Cc2oc3ccccc3c(=O)c2S1. The second-order valence-electron chi connectivity index (χ2n) is 4.65. The largest absolute Gasteiger partial charge is 0.455 e. The van der Waals surface area contributed by atoms with Crippen molar-refractivity contribution in [3.05, 3.63) is 46.3 Å². The molecule has 0 bridgehead atoms. The fraction of sp³-hybridized carbons (Fsp3) is 0.267. The molecule has 0 saturated carbocycles. The third-order valence-corrected chi connectivity index (χ3v) is 3.95. The van der Waals surface area contributed by atoms with Gasteiger partial charge < -0.3 is 9.15 Å². The molecule has 98 valence electrons. The Morgan fingerprint density at radius 2 is 2.11 bits per heavy atom. The molecule has 2 aromatic rings. The Morgan fingerprint density at radius 3 is 2.89 bits per heavy atom. The summed E-state index contributed by atoms with van der Waals surface area (Å²) in [4.78, 5) is 13.1. The van der Waals surface area contributed by atoms with Gasteiger partial charge in [-0.25, -0.2) is 0 Å². The number of thioether (sulfide) groups is 1. The highest BCUT2D eigenvalue weighted by Gasteiger charge is 2.22. The first-order chi connectivity index (χ1) is 9.15. The van der Waals surface area contributed by atoms with Crippen LogP contribution in [0.25, 0.3) is 17.0 Å². The van der Waals surface area contributed by atoms with Crippen LogP contribution in [0.5, 0.6) is 0 Å². The number of rotatable bonds is 2. The van der Waals surface area contributed by atoms with E-state index in [1.165, 1.54) is 11.8 Å². The van der Waals surface area contributed by atoms with Crippen LogP contribution in [0.3, 0.4) is 0 Å². The van der Waals surface area contributed by atoms with Crippen molar-refractivity contribution in [2.75, 3.05) is 0 Å². The Hall–Kier alpha value is -1.52. The number of para-hydroxylation sites is 1. The number of benzene rings is 1. The normalized spacial score (nSPS) is 17.9. The van der Waals surface area contributed by atoms with Crippen LogP contribution < -0.4 is 5.43 Å². The molecule has 0 aliphatic carbocycles. The van der Waals surface area contributed by atoms with Crippen molar-refractivity contribution >= 4 is 28.8 Å². The second-order valence-corrected chi connectivity index (χ2v) is 5.76. The monoisotopic (exact) mass is 274 g/mol. The van der Waals surface area contributed by atoms with Gasteiger partial charge in [0.25, 0.3) is 0 Å². The van der Waals surface area contributed by atoms with Crippen LogP contribution in [-0.2, 0) is 4.74 Å². The van der Waals surface area contributed by atoms with Crippen molar-refractivity contribution in [2.24, 2.45) is 0 Å². The highest BCUT2D eigenvalue weighted by atomic mass is 32.2. The summed E-state index contributed by atoms with van der Waals surface area (Å²) < 4.78 is 11.5. The standard InChI is InChI=1S/C15H14O3S/c1-9(2)17-13-8-7-12-15(19-13)14(16)10-5-3-4-6-11(10)18-12/h3-9,13H,1-2H3. The summed E-state index contributed by atoms with van der Waals surface area (Å²) in [6.45, 7) is 3.96. The van der Waals surface area contributed by atoms with Crippen molar-refractivity contribution in [2.45, 2.75) is 30.3 Å². The van der Waals surface area contributed by atoms with Gasteiger partial charge in [0.15, 0.2) is 0 Å². The maximum absolute atomic E-state index is 12.4. The summed E-state index contributed by atoms with van der Waals surface area (Å²) >= 11 is 1.41. The van der Waals surface area contributed by atoms with Gasteiger partial charge in [-0.3, -0.25) is 4.79 Å². The van der Waals surface area contributed by atoms with Gasteiger partial charge in [0.05, 0.1) is 11.5 Å². The van der Waals surface area contributed by atoms with Gasteiger partial charge in [-0.1, -0.05) is 23.9 Å². The zero-order valence-corrected chi connectivity index (χ0v) is 11.6. The average Bonchev–Trinajstić information content (AvgIpc) is 2.39. The Kier molecular flexibility index (Phi) is 3.21. The summed E-state index contributed by atoms with van der Waals surface area (Å²) in [5.74, 6) is 0.623. The summed E-state index contributed by atoms with van der Waals surface area (Å²) in [6, 6.07) is 7.31. The zero-order valence-electron chi connectivity index (χ0n) is 10.8. The van der Waals surface area contributed by atoms with E-state index in [1.807, 2.05) is 44.2 Å². The second kappa shape index (κ2) is 4.87. The molecule has 1 aliphatic heterocycles. The maximum Gasteiger partial charge on any atom is 0.206 e. The van der Waals surface area contributed by atoms with Gasteiger partial charge in [0, 0.05) is 0 Å². The lowest BCUT2D eigenvalue weighted by Crippen LogP contribution is -2.17. The highest BCUT2D eigenvalue weighted by molar-refractivity contribution is 8.00. The van der Waals surface area contributed by atoms with Crippen LogP contribution in [-0.4, -0.2) is 11.5 Å². The molecule has 1 aromatic carbocycles. The van der Waals surface area contributed by atoms with Crippen LogP contribution in [0.15, 0.2) is 44.4 Å². The van der Waals surface area contributed by atoms with Gasteiger partial charge in [-0.15, -0.1) is 0 Å². The quantitative estimate of drug-likeness (QED) is 0.837. The molecular formula is C15H14O3S. The molecule has 0 fully saturated rings. The summed E-state index contributed by atoms with van der Waals surface area (Å²) in [5, 5.41) is 0.618. The van der Waals surface area contributed by atoms with E-state index in [0.29, 0.717) is 21.6 Å². The Morgan fingerprint density at radius 1 is 1.32 bits per heavy atom. The van der Waals surface area contributed by atoms with Gasteiger partial charge in [-0.05, 0) is 38.1 Å². The van der Waals surface area contributed by atoms with Gasteiger partial charge in [0.2, 0.25) is 5.43 Å². The summed E-state index contributed by atoms with van der Waals surface area (Å²) in [5.41, 5.74) is 0.514. The molecule has 1 aromatic heterocycles. The third kappa shape index (κ3) is 2.33. The molecular weight excluding hydrogens is 260 g/mol. The average molecular weight is 274 g/mol. The fourth-order valence-corrected chi connectivity index (χ4v) is 3.14. The van der Waals surface area contributed by atoms with E-state index in [1.54, 1.807) is 6.07 Å². The van der Waals surface area contributed by atoms with E-state index in [0.717, 1.165) is 0 Å². The minimum atomic E-state index is -0.128. The molecule has 3 rings (SSSR count). The summed E-state index contributed by atoms with van der Waals surface area (Å²) in [6.07, 6.45) is 3.87. The minimum Gasteiger partial charge on any atom is -0.455 e. The third-order valence-electron chi connectivity index (χ3n) is 2.83. The lowest BCUT2D eigenvalue weighted by Gasteiger charge is -2.20. The first-order valence-electron chi connectivity index (χ1n) is 6.21. The Labute approximate surface area is 115 Å². The first-order valence-corrected chi connectivity index (χ1v) is 7.09. The fourth-order valence-electron chi connectivity index (χ4n) is 2.03. The molecule has 0 radical (unpaired) electrons.